The van der Waals surface area contributed by atoms with E-state index < -0.39 is 9.84 Å². The van der Waals surface area contributed by atoms with Crippen molar-refractivity contribution in [3.05, 3.63) is 96.3 Å². The van der Waals surface area contributed by atoms with Crippen molar-refractivity contribution in [2.45, 2.75) is 24.0 Å². The molecule has 8 nitrogen and oxygen atoms in total. The third-order valence-electron chi connectivity index (χ3n) is 6.14. The Balaban J connectivity index is 1.60. The van der Waals surface area contributed by atoms with Crippen molar-refractivity contribution in [3.8, 4) is 0 Å². The molecule has 2 aromatic carbocycles. The van der Waals surface area contributed by atoms with Crippen molar-refractivity contribution in [1.82, 2.24) is 19.4 Å². The first kappa shape index (κ1) is 25.8. The molecule has 0 atom stereocenters. The molecule has 1 amide bonds. The van der Waals surface area contributed by atoms with E-state index in [2.05, 4.69) is 16.5 Å². The van der Waals surface area contributed by atoms with E-state index in [1.54, 1.807) is 46.0 Å². The molecule has 0 spiro atoms. The first-order valence-electron chi connectivity index (χ1n) is 12.0. The highest BCUT2D eigenvalue weighted by Crippen LogP contribution is 2.20. The van der Waals surface area contributed by atoms with Gasteiger partial charge >= 0.3 is 0 Å². The lowest BCUT2D eigenvalue weighted by atomic mass is 10.2. The number of amides is 1. The Hall–Kier alpha value is -3.27. The monoisotopic (exact) mass is 508 g/mol. The van der Waals surface area contributed by atoms with Crippen LogP contribution in [0.5, 0.6) is 0 Å². The van der Waals surface area contributed by atoms with Crippen LogP contribution in [0.3, 0.4) is 0 Å². The summed E-state index contributed by atoms with van der Waals surface area (Å²) in [5.41, 5.74) is 1.93. The topological polar surface area (TPSA) is 84.7 Å². The Morgan fingerprint density at radius 2 is 1.72 bits per heavy atom. The van der Waals surface area contributed by atoms with Gasteiger partial charge in [0.05, 0.1) is 37.4 Å². The highest BCUT2D eigenvalue weighted by atomic mass is 32.2. The third-order valence-corrected chi connectivity index (χ3v) is 7.74. The first-order valence-corrected chi connectivity index (χ1v) is 13.7. The maximum absolute atomic E-state index is 13.5. The minimum absolute atomic E-state index is 0.0125. The highest BCUT2D eigenvalue weighted by Gasteiger charge is 2.26. The molecule has 4 rings (SSSR count). The van der Waals surface area contributed by atoms with Crippen molar-refractivity contribution in [1.29, 1.82) is 0 Å². The smallest absolute Gasteiger partial charge is 0.254 e. The van der Waals surface area contributed by atoms with E-state index in [0.717, 1.165) is 13.1 Å². The average molecular weight is 509 g/mol. The number of hydrogen-bond acceptors (Lipinski definition) is 6. The predicted octanol–water partition coefficient (Wildman–Crippen LogP) is 3.02. The van der Waals surface area contributed by atoms with Crippen LogP contribution >= 0.6 is 0 Å². The van der Waals surface area contributed by atoms with Gasteiger partial charge in [0.25, 0.3) is 5.91 Å². The van der Waals surface area contributed by atoms with Gasteiger partial charge in [0.15, 0.2) is 0 Å². The molecule has 0 aliphatic carbocycles. The number of sulfone groups is 1. The molecule has 190 valence electrons. The molecule has 1 aliphatic rings. The average Bonchev–Trinajstić information content (AvgIpc) is 3.31. The van der Waals surface area contributed by atoms with Crippen LogP contribution in [0.4, 0.5) is 0 Å². The molecule has 0 unspecified atom stereocenters. The van der Waals surface area contributed by atoms with E-state index in [9.17, 15) is 13.2 Å². The van der Waals surface area contributed by atoms with E-state index in [1.165, 1.54) is 0 Å². The summed E-state index contributed by atoms with van der Waals surface area (Å²) >= 11 is 0. The van der Waals surface area contributed by atoms with Gasteiger partial charge in [0.1, 0.15) is 0 Å². The zero-order valence-corrected chi connectivity index (χ0v) is 21.1. The van der Waals surface area contributed by atoms with Crippen LogP contribution in [0, 0.1) is 0 Å². The number of ether oxygens (including phenoxy) is 1. The van der Waals surface area contributed by atoms with Gasteiger partial charge in [0.2, 0.25) is 15.0 Å². The number of allylic oxidation sites excluding steroid dienone is 1. The number of carbonyl (C=O) groups excluding carboxylic acids is 1. The second-order valence-corrected chi connectivity index (χ2v) is 10.6. The number of morpholine rings is 1. The summed E-state index contributed by atoms with van der Waals surface area (Å²) in [5, 5.41) is -0.0125. The molecule has 1 saturated heterocycles. The minimum atomic E-state index is -3.70. The van der Waals surface area contributed by atoms with E-state index >= 15 is 0 Å². The molecule has 36 heavy (non-hydrogen) atoms. The molecular formula is C27H32N4O4S. The quantitative estimate of drug-likeness (QED) is 0.370. The summed E-state index contributed by atoms with van der Waals surface area (Å²) in [4.78, 5) is 21.8. The van der Waals surface area contributed by atoms with Gasteiger partial charge in [-0.2, -0.15) is 0 Å². The number of rotatable bonds is 11. The molecule has 1 aliphatic heterocycles. The van der Waals surface area contributed by atoms with Gasteiger partial charge < -0.3 is 14.2 Å². The molecule has 0 radical (unpaired) electrons. The van der Waals surface area contributed by atoms with Gasteiger partial charge in [-0.1, -0.05) is 54.6 Å². The number of aromatic nitrogens is 2. The predicted molar refractivity (Wildman–Crippen MR) is 138 cm³/mol. The molecule has 1 fully saturated rings. The van der Waals surface area contributed by atoms with Crippen molar-refractivity contribution in [2.75, 3.05) is 39.4 Å². The molecule has 2 heterocycles. The summed E-state index contributed by atoms with van der Waals surface area (Å²) in [7, 11) is -3.70. The second-order valence-electron chi connectivity index (χ2n) is 8.72. The van der Waals surface area contributed by atoms with Crippen LogP contribution in [0.15, 0.2) is 84.7 Å². The van der Waals surface area contributed by atoms with Crippen LogP contribution in [0.2, 0.25) is 0 Å². The Labute approximate surface area is 212 Å². The van der Waals surface area contributed by atoms with Crippen LogP contribution in [0.25, 0.3) is 0 Å². The number of hydrogen-bond donors (Lipinski definition) is 0. The number of nitrogens with zero attached hydrogens (tertiary/aromatic N) is 4. The Bertz CT molecular complexity index is 1250. The largest absolute Gasteiger partial charge is 0.379 e. The van der Waals surface area contributed by atoms with Gasteiger partial charge in [-0.25, -0.2) is 13.4 Å². The highest BCUT2D eigenvalue weighted by molar-refractivity contribution is 7.90. The fraction of sp³-hybridized carbons (Fsp3) is 0.333. The summed E-state index contributed by atoms with van der Waals surface area (Å²) < 4.78 is 33.6. The zero-order valence-electron chi connectivity index (χ0n) is 20.3. The fourth-order valence-electron chi connectivity index (χ4n) is 4.25. The van der Waals surface area contributed by atoms with Gasteiger partial charge in [0, 0.05) is 38.3 Å². The standard InChI is InChI=1S/C27H32N4O4S/c1-2-13-31-25(20-28-27(31)36(33,34)22-23-9-5-3-6-10-23)21-30(15-14-29-16-18-35-19-17-29)26(32)24-11-7-4-8-12-24/h2-12,20H,1,13-19,21-22H2. The van der Waals surface area contributed by atoms with E-state index in [4.69, 9.17) is 4.74 Å². The summed E-state index contributed by atoms with van der Waals surface area (Å²) in [6.45, 7) is 8.52. The van der Waals surface area contributed by atoms with E-state index in [1.807, 2.05) is 36.4 Å². The van der Waals surface area contributed by atoms with Crippen molar-refractivity contribution < 1.29 is 17.9 Å². The second kappa shape index (κ2) is 12.1. The fourth-order valence-corrected chi connectivity index (χ4v) is 5.75. The van der Waals surface area contributed by atoms with Crippen LogP contribution in [-0.4, -0.2) is 73.1 Å². The number of carbonyl (C=O) groups is 1. The third kappa shape index (κ3) is 6.48. The van der Waals surface area contributed by atoms with E-state index in [0.29, 0.717) is 43.1 Å². The Morgan fingerprint density at radius 1 is 1.06 bits per heavy atom. The van der Waals surface area contributed by atoms with E-state index in [-0.39, 0.29) is 29.9 Å². The van der Waals surface area contributed by atoms with Crippen molar-refractivity contribution in [2.24, 2.45) is 0 Å². The Kier molecular flexibility index (Phi) is 8.69. The molecular weight excluding hydrogens is 476 g/mol. The normalized spacial score (nSPS) is 14.4. The minimum Gasteiger partial charge on any atom is -0.379 e. The maximum atomic E-state index is 13.5. The van der Waals surface area contributed by atoms with Gasteiger partial charge in [-0.3, -0.25) is 9.69 Å². The van der Waals surface area contributed by atoms with Crippen LogP contribution < -0.4 is 0 Å². The summed E-state index contributed by atoms with van der Waals surface area (Å²) in [5.74, 6) is -0.255. The molecule has 1 aromatic heterocycles. The van der Waals surface area contributed by atoms with Crippen LogP contribution in [0.1, 0.15) is 21.6 Å². The van der Waals surface area contributed by atoms with Crippen LogP contribution in [-0.2, 0) is 33.4 Å². The molecule has 0 saturated carbocycles. The van der Waals surface area contributed by atoms with Gasteiger partial charge in [-0.05, 0) is 17.7 Å². The molecule has 0 bridgehead atoms. The van der Waals surface area contributed by atoms with Crippen molar-refractivity contribution in [3.63, 3.8) is 0 Å². The first-order chi connectivity index (χ1) is 17.5. The molecule has 0 N–H and O–H groups in total. The molecule has 9 heteroatoms. The number of benzene rings is 2. The van der Waals surface area contributed by atoms with Gasteiger partial charge in [-0.15, -0.1) is 6.58 Å². The van der Waals surface area contributed by atoms with Crippen molar-refractivity contribution >= 4 is 15.7 Å². The number of imidazole rings is 1. The SMILES string of the molecule is C=CCn1c(CN(CCN2CCOCC2)C(=O)c2ccccc2)cnc1S(=O)(=O)Cc1ccccc1. The Morgan fingerprint density at radius 3 is 2.39 bits per heavy atom. The summed E-state index contributed by atoms with van der Waals surface area (Å²) in [6, 6.07) is 18.2. The lowest BCUT2D eigenvalue weighted by Crippen LogP contribution is -2.43. The lowest BCUT2D eigenvalue weighted by Gasteiger charge is -2.30. The summed E-state index contributed by atoms with van der Waals surface area (Å²) in [6.07, 6.45) is 3.20. The lowest BCUT2D eigenvalue weighted by molar-refractivity contribution is 0.0319. The molecule has 3 aromatic rings. The maximum Gasteiger partial charge on any atom is 0.254 e. The zero-order chi connectivity index (χ0) is 25.4.